The number of rotatable bonds is 3. The fourth-order valence-electron chi connectivity index (χ4n) is 1.46. The second-order valence-corrected chi connectivity index (χ2v) is 5.38. The van der Waals surface area contributed by atoms with Gasteiger partial charge in [0.2, 0.25) is 0 Å². The average Bonchev–Trinajstić information content (AvgIpc) is 2.31. The molecule has 2 aromatic rings. The summed E-state index contributed by atoms with van der Waals surface area (Å²) in [5.74, 6) is -0.260. The topological polar surface area (TPSA) is 12.0 Å². The van der Waals surface area contributed by atoms with Crippen LogP contribution in [0, 0.1) is 5.82 Å². The molecule has 1 nitrogen and oxygen atoms in total. The molecule has 0 radical (unpaired) electrons. The van der Waals surface area contributed by atoms with Crippen molar-refractivity contribution in [1.82, 2.24) is 0 Å². The Morgan fingerprint density at radius 3 is 2.59 bits per heavy atom. The predicted octanol–water partition coefficient (Wildman–Crippen LogP) is 4.96. The summed E-state index contributed by atoms with van der Waals surface area (Å²) in [5.41, 5.74) is 1.91. The second-order valence-electron chi connectivity index (χ2n) is 3.61. The first kappa shape index (κ1) is 12.6. The van der Waals surface area contributed by atoms with Crippen LogP contribution in [0.4, 0.5) is 10.1 Å². The van der Waals surface area contributed by atoms with Crippen LogP contribution in [0.15, 0.2) is 51.4 Å². The van der Waals surface area contributed by atoms with Crippen LogP contribution in [-0.4, -0.2) is 0 Å². The highest BCUT2D eigenvalue weighted by atomic mass is 79.9. The van der Waals surface area contributed by atoms with Crippen LogP contribution < -0.4 is 5.32 Å². The van der Waals surface area contributed by atoms with Crippen LogP contribution in [0.25, 0.3) is 0 Å². The zero-order valence-corrected chi connectivity index (χ0v) is 12.1. The third kappa shape index (κ3) is 3.54. The van der Waals surface area contributed by atoms with Crippen LogP contribution >= 0.6 is 31.9 Å². The fourth-order valence-corrected chi connectivity index (χ4v) is 2.15. The number of hydrogen-bond donors (Lipinski definition) is 1. The molecule has 0 spiro atoms. The lowest BCUT2D eigenvalue weighted by atomic mass is 10.2. The first-order valence-corrected chi connectivity index (χ1v) is 6.67. The summed E-state index contributed by atoms with van der Waals surface area (Å²) >= 11 is 6.54. The molecule has 0 aliphatic carbocycles. The van der Waals surface area contributed by atoms with Crippen molar-refractivity contribution < 1.29 is 4.39 Å². The fraction of sp³-hybridized carbons (Fsp3) is 0.0769. The molecule has 0 aromatic heterocycles. The monoisotopic (exact) mass is 357 g/mol. The summed E-state index contributed by atoms with van der Waals surface area (Å²) in [6.45, 7) is 0.667. The molecule has 0 saturated heterocycles. The van der Waals surface area contributed by atoms with E-state index in [2.05, 4.69) is 37.2 Å². The zero-order valence-electron chi connectivity index (χ0n) is 8.88. The Hall–Kier alpha value is -0.870. The molecular formula is C13H10Br2FN. The molecule has 0 unspecified atom stereocenters. The highest BCUT2D eigenvalue weighted by Crippen LogP contribution is 2.20. The number of benzene rings is 2. The number of halogens is 3. The van der Waals surface area contributed by atoms with Gasteiger partial charge in [-0.2, -0.15) is 0 Å². The maximum absolute atomic E-state index is 13.3. The largest absolute Gasteiger partial charge is 0.381 e. The molecular weight excluding hydrogens is 349 g/mol. The zero-order chi connectivity index (χ0) is 12.3. The third-order valence-corrected chi connectivity index (χ3v) is 3.44. The normalized spacial score (nSPS) is 10.3. The summed E-state index contributed by atoms with van der Waals surface area (Å²) in [7, 11) is 0. The Morgan fingerprint density at radius 2 is 1.88 bits per heavy atom. The van der Waals surface area contributed by atoms with Gasteiger partial charge < -0.3 is 5.32 Å². The van der Waals surface area contributed by atoms with E-state index in [1.165, 1.54) is 6.07 Å². The number of anilines is 1. The van der Waals surface area contributed by atoms with Gasteiger partial charge in [0, 0.05) is 16.7 Å². The SMILES string of the molecule is Fc1cc(NCc2cccc(Br)c2)ccc1Br. The van der Waals surface area contributed by atoms with Crippen molar-refractivity contribution in [1.29, 1.82) is 0 Å². The Labute approximate surface area is 116 Å². The molecule has 0 saturated carbocycles. The van der Waals surface area contributed by atoms with Gasteiger partial charge in [0.05, 0.1) is 4.47 Å². The van der Waals surface area contributed by atoms with Crippen molar-refractivity contribution in [2.45, 2.75) is 6.54 Å². The minimum atomic E-state index is -0.260. The van der Waals surface area contributed by atoms with E-state index < -0.39 is 0 Å². The molecule has 2 aromatic carbocycles. The van der Waals surface area contributed by atoms with E-state index in [0.29, 0.717) is 11.0 Å². The van der Waals surface area contributed by atoms with Crippen LogP contribution in [-0.2, 0) is 6.54 Å². The summed E-state index contributed by atoms with van der Waals surface area (Å²) in [4.78, 5) is 0. The molecule has 0 aliphatic heterocycles. The van der Waals surface area contributed by atoms with Gasteiger partial charge in [-0.1, -0.05) is 28.1 Å². The molecule has 0 aliphatic rings. The summed E-state index contributed by atoms with van der Waals surface area (Å²) < 4.78 is 14.8. The standard InChI is InChI=1S/C13H10Br2FN/c14-10-3-1-2-9(6-10)8-17-11-4-5-12(15)13(16)7-11/h1-7,17H,8H2. The summed E-state index contributed by atoms with van der Waals surface area (Å²) in [5, 5.41) is 3.17. The smallest absolute Gasteiger partial charge is 0.139 e. The lowest BCUT2D eigenvalue weighted by molar-refractivity contribution is 0.621. The maximum atomic E-state index is 13.3. The second kappa shape index (κ2) is 5.65. The van der Waals surface area contributed by atoms with Crippen molar-refractivity contribution in [2.24, 2.45) is 0 Å². The minimum absolute atomic E-state index is 0.260. The van der Waals surface area contributed by atoms with Crippen LogP contribution in [0.3, 0.4) is 0 Å². The Morgan fingerprint density at radius 1 is 1.06 bits per heavy atom. The molecule has 4 heteroatoms. The van der Waals surface area contributed by atoms with Gasteiger partial charge in [-0.3, -0.25) is 0 Å². The maximum Gasteiger partial charge on any atom is 0.139 e. The lowest BCUT2D eigenvalue weighted by Gasteiger charge is -2.07. The average molecular weight is 359 g/mol. The van der Waals surface area contributed by atoms with Crippen molar-refractivity contribution >= 4 is 37.5 Å². The minimum Gasteiger partial charge on any atom is -0.381 e. The molecule has 0 amide bonds. The van der Waals surface area contributed by atoms with E-state index in [1.54, 1.807) is 6.07 Å². The molecule has 0 heterocycles. The number of hydrogen-bond acceptors (Lipinski definition) is 1. The first-order valence-electron chi connectivity index (χ1n) is 5.08. The molecule has 0 fully saturated rings. The molecule has 0 atom stereocenters. The van der Waals surface area contributed by atoms with Gasteiger partial charge in [0.25, 0.3) is 0 Å². The van der Waals surface area contributed by atoms with E-state index in [9.17, 15) is 4.39 Å². The highest BCUT2D eigenvalue weighted by Gasteiger charge is 2.00. The van der Waals surface area contributed by atoms with Gasteiger partial charge in [0.15, 0.2) is 0 Å². The summed E-state index contributed by atoms with van der Waals surface area (Å²) in [6.07, 6.45) is 0. The van der Waals surface area contributed by atoms with Crippen LogP contribution in [0.1, 0.15) is 5.56 Å². The molecule has 17 heavy (non-hydrogen) atoms. The van der Waals surface area contributed by atoms with Crippen LogP contribution in [0.5, 0.6) is 0 Å². The molecule has 2 rings (SSSR count). The summed E-state index contributed by atoms with van der Waals surface area (Å²) in [6, 6.07) is 13.0. The third-order valence-electron chi connectivity index (χ3n) is 2.31. The van der Waals surface area contributed by atoms with Crippen LogP contribution in [0.2, 0.25) is 0 Å². The molecule has 1 N–H and O–H groups in total. The van der Waals surface area contributed by atoms with E-state index in [1.807, 2.05) is 30.3 Å². The van der Waals surface area contributed by atoms with E-state index in [0.717, 1.165) is 15.7 Å². The van der Waals surface area contributed by atoms with Crippen molar-refractivity contribution in [3.63, 3.8) is 0 Å². The molecule has 88 valence electrons. The Bertz CT molecular complexity index is 529. The lowest BCUT2D eigenvalue weighted by Crippen LogP contribution is -1.99. The van der Waals surface area contributed by atoms with E-state index in [-0.39, 0.29) is 5.82 Å². The van der Waals surface area contributed by atoms with Gasteiger partial charge in [0.1, 0.15) is 5.82 Å². The van der Waals surface area contributed by atoms with Crippen molar-refractivity contribution in [2.75, 3.05) is 5.32 Å². The number of nitrogens with one attached hydrogen (secondary N) is 1. The van der Waals surface area contributed by atoms with E-state index >= 15 is 0 Å². The van der Waals surface area contributed by atoms with Gasteiger partial charge in [-0.05, 0) is 51.8 Å². The molecule has 0 bridgehead atoms. The predicted molar refractivity (Wildman–Crippen MR) is 75.6 cm³/mol. The van der Waals surface area contributed by atoms with E-state index in [4.69, 9.17) is 0 Å². The quantitative estimate of drug-likeness (QED) is 0.817. The van der Waals surface area contributed by atoms with Crippen molar-refractivity contribution in [3.8, 4) is 0 Å². The van der Waals surface area contributed by atoms with Gasteiger partial charge in [-0.25, -0.2) is 4.39 Å². The van der Waals surface area contributed by atoms with Crippen molar-refractivity contribution in [3.05, 3.63) is 62.8 Å². The first-order chi connectivity index (χ1) is 8.15. The van der Waals surface area contributed by atoms with Gasteiger partial charge in [-0.15, -0.1) is 0 Å². The van der Waals surface area contributed by atoms with Gasteiger partial charge >= 0.3 is 0 Å². The Balaban J connectivity index is 2.05. The highest BCUT2D eigenvalue weighted by molar-refractivity contribution is 9.10. The Kier molecular flexibility index (Phi) is 4.18.